The minimum Gasteiger partial charge on any atom is -0.318 e. The van der Waals surface area contributed by atoms with E-state index in [0.29, 0.717) is 11.8 Å². The molecule has 0 aliphatic rings. The molecule has 106 valence electrons. The van der Waals surface area contributed by atoms with Crippen molar-refractivity contribution in [3.63, 3.8) is 0 Å². The van der Waals surface area contributed by atoms with Crippen molar-refractivity contribution in [1.82, 2.24) is 0 Å². The number of Topliss-reactive ketones (excluding diaryl/α,β-unsaturated/α-hetero) is 1. The van der Waals surface area contributed by atoms with Gasteiger partial charge in [-0.3, -0.25) is 4.79 Å². The van der Waals surface area contributed by atoms with E-state index in [2.05, 4.69) is 39.8 Å². The summed E-state index contributed by atoms with van der Waals surface area (Å²) in [6.07, 6.45) is 0. The summed E-state index contributed by atoms with van der Waals surface area (Å²) in [5.41, 5.74) is 9.68. The summed E-state index contributed by atoms with van der Waals surface area (Å²) in [6, 6.07) is 5.75. The lowest BCUT2D eigenvalue weighted by molar-refractivity contribution is -0.123. The fourth-order valence-electron chi connectivity index (χ4n) is 2.34. The van der Waals surface area contributed by atoms with Crippen LogP contribution in [0.4, 0.5) is 0 Å². The first-order valence-corrected chi connectivity index (χ1v) is 7.18. The molecular formula is C17H27NO. The fraction of sp³-hybridized carbons (Fsp3) is 0.588. The van der Waals surface area contributed by atoms with Gasteiger partial charge in [0.2, 0.25) is 0 Å². The Morgan fingerprint density at radius 2 is 1.47 bits per heavy atom. The van der Waals surface area contributed by atoms with Crippen molar-refractivity contribution in [1.29, 1.82) is 0 Å². The van der Waals surface area contributed by atoms with Gasteiger partial charge in [-0.05, 0) is 28.5 Å². The van der Waals surface area contributed by atoms with Gasteiger partial charge < -0.3 is 5.73 Å². The second-order valence-corrected chi connectivity index (χ2v) is 6.23. The molecule has 0 amide bonds. The van der Waals surface area contributed by atoms with Gasteiger partial charge in [-0.2, -0.15) is 0 Å². The van der Waals surface area contributed by atoms with E-state index in [9.17, 15) is 4.79 Å². The van der Waals surface area contributed by atoms with Crippen LogP contribution in [0.5, 0.6) is 0 Å². The van der Waals surface area contributed by atoms with Gasteiger partial charge in [-0.15, -0.1) is 0 Å². The Morgan fingerprint density at radius 3 is 1.89 bits per heavy atom. The van der Waals surface area contributed by atoms with Gasteiger partial charge >= 0.3 is 0 Å². The zero-order valence-corrected chi connectivity index (χ0v) is 13.0. The van der Waals surface area contributed by atoms with Crippen molar-refractivity contribution in [2.75, 3.05) is 0 Å². The van der Waals surface area contributed by atoms with E-state index in [0.717, 1.165) is 5.56 Å². The van der Waals surface area contributed by atoms with E-state index in [-0.39, 0.29) is 11.7 Å². The zero-order chi connectivity index (χ0) is 14.7. The zero-order valence-electron chi connectivity index (χ0n) is 13.0. The van der Waals surface area contributed by atoms with Crippen LogP contribution in [0.2, 0.25) is 0 Å². The van der Waals surface area contributed by atoms with Crippen LogP contribution in [0.1, 0.15) is 76.1 Å². The molecule has 0 aliphatic heterocycles. The predicted molar refractivity (Wildman–Crippen MR) is 81.4 cm³/mol. The number of benzene rings is 1. The molecule has 2 nitrogen and oxygen atoms in total. The molecule has 0 fully saturated rings. The van der Waals surface area contributed by atoms with Gasteiger partial charge in [-0.25, -0.2) is 0 Å². The highest BCUT2D eigenvalue weighted by Crippen LogP contribution is 2.29. The van der Waals surface area contributed by atoms with E-state index in [1.54, 1.807) is 0 Å². The second kappa shape index (κ2) is 6.33. The first-order chi connectivity index (χ1) is 8.75. The van der Waals surface area contributed by atoms with Crippen LogP contribution in [-0.2, 0) is 4.79 Å². The number of hydrogen-bond acceptors (Lipinski definition) is 2. The summed E-state index contributed by atoms with van der Waals surface area (Å²) in [6.45, 7) is 12.5. The lowest BCUT2D eigenvalue weighted by Crippen LogP contribution is -2.25. The van der Waals surface area contributed by atoms with Gasteiger partial charge in [0.05, 0.1) is 6.04 Å². The molecule has 0 spiro atoms. The van der Waals surface area contributed by atoms with Gasteiger partial charge in [-0.1, -0.05) is 59.7 Å². The van der Waals surface area contributed by atoms with Crippen molar-refractivity contribution in [2.24, 2.45) is 11.7 Å². The monoisotopic (exact) mass is 261 g/mol. The van der Waals surface area contributed by atoms with Crippen molar-refractivity contribution in [3.05, 3.63) is 34.9 Å². The maximum atomic E-state index is 12.0. The van der Waals surface area contributed by atoms with Crippen molar-refractivity contribution in [2.45, 2.75) is 59.4 Å². The molecule has 0 saturated carbocycles. The summed E-state index contributed by atoms with van der Waals surface area (Å²) in [7, 11) is 0. The van der Waals surface area contributed by atoms with Crippen LogP contribution in [0, 0.1) is 5.92 Å². The highest BCUT2D eigenvalue weighted by molar-refractivity contribution is 5.86. The van der Waals surface area contributed by atoms with E-state index >= 15 is 0 Å². The molecule has 2 N–H and O–H groups in total. The molecule has 0 bridgehead atoms. The van der Waals surface area contributed by atoms with Crippen molar-refractivity contribution >= 4 is 5.78 Å². The van der Waals surface area contributed by atoms with Crippen LogP contribution in [0.15, 0.2) is 18.2 Å². The highest BCUT2D eigenvalue weighted by atomic mass is 16.1. The molecule has 1 aromatic rings. The maximum absolute atomic E-state index is 12.0. The largest absolute Gasteiger partial charge is 0.318 e. The summed E-state index contributed by atoms with van der Waals surface area (Å²) in [4.78, 5) is 12.0. The average Bonchev–Trinajstić information content (AvgIpc) is 2.35. The molecule has 0 aromatic heterocycles. The number of rotatable bonds is 5. The molecule has 0 saturated heterocycles. The lowest BCUT2D eigenvalue weighted by atomic mass is 9.86. The molecule has 1 aromatic carbocycles. The molecule has 1 rings (SSSR count). The number of carbonyl (C=O) groups excluding carboxylic acids is 1. The fourth-order valence-corrected chi connectivity index (χ4v) is 2.34. The van der Waals surface area contributed by atoms with Crippen LogP contribution < -0.4 is 5.73 Å². The molecule has 0 heterocycles. The first kappa shape index (κ1) is 15.9. The lowest BCUT2D eigenvalue weighted by Gasteiger charge is -2.20. The molecule has 1 atom stereocenters. The quantitative estimate of drug-likeness (QED) is 0.865. The number of nitrogens with two attached hydrogens (primary N) is 1. The van der Waals surface area contributed by atoms with Crippen LogP contribution in [0.3, 0.4) is 0 Å². The summed E-state index contributed by atoms with van der Waals surface area (Å²) < 4.78 is 0. The molecule has 0 aliphatic carbocycles. The Morgan fingerprint density at radius 1 is 0.947 bits per heavy atom. The van der Waals surface area contributed by atoms with E-state index in [1.165, 1.54) is 11.1 Å². The minimum atomic E-state index is -0.501. The van der Waals surface area contributed by atoms with E-state index < -0.39 is 6.04 Å². The third-order valence-corrected chi connectivity index (χ3v) is 3.59. The Kier molecular flexibility index (Phi) is 5.30. The highest BCUT2D eigenvalue weighted by Gasteiger charge is 2.20. The van der Waals surface area contributed by atoms with Crippen molar-refractivity contribution in [3.8, 4) is 0 Å². The minimum absolute atomic E-state index is 0.0257. The Balaban J connectivity index is 3.19. The Labute approximate surface area is 117 Å². The average molecular weight is 261 g/mol. The van der Waals surface area contributed by atoms with Crippen LogP contribution >= 0.6 is 0 Å². The van der Waals surface area contributed by atoms with Gasteiger partial charge in [0, 0.05) is 5.92 Å². The molecule has 2 heteroatoms. The van der Waals surface area contributed by atoms with Gasteiger partial charge in [0.1, 0.15) is 0 Å². The number of hydrogen-bond donors (Lipinski definition) is 1. The van der Waals surface area contributed by atoms with E-state index in [4.69, 9.17) is 5.73 Å². The first-order valence-electron chi connectivity index (χ1n) is 7.18. The SMILES string of the molecule is CC(C)C(=O)[C@@H](N)c1ccc(C(C)C)c(C(C)C)c1. The Hall–Kier alpha value is -1.15. The molecule has 19 heavy (non-hydrogen) atoms. The van der Waals surface area contributed by atoms with Crippen molar-refractivity contribution < 1.29 is 4.79 Å². The predicted octanol–water partition coefficient (Wildman–Crippen LogP) is 4.16. The summed E-state index contributed by atoms with van der Waals surface area (Å²) in [5.74, 6) is 1.01. The molecule has 0 unspecified atom stereocenters. The summed E-state index contributed by atoms with van der Waals surface area (Å²) in [5, 5.41) is 0. The Bertz CT molecular complexity index is 447. The van der Waals surface area contributed by atoms with Gasteiger partial charge in [0.15, 0.2) is 5.78 Å². The molecule has 0 radical (unpaired) electrons. The third-order valence-electron chi connectivity index (χ3n) is 3.59. The van der Waals surface area contributed by atoms with Crippen LogP contribution in [-0.4, -0.2) is 5.78 Å². The third kappa shape index (κ3) is 3.66. The molecular weight excluding hydrogens is 234 g/mol. The smallest absolute Gasteiger partial charge is 0.156 e. The standard InChI is InChI=1S/C17H27NO/c1-10(2)14-8-7-13(9-15(14)11(3)4)16(18)17(19)12(5)6/h7-12,16H,18H2,1-6H3/t16-/m0/s1. The van der Waals surface area contributed by atoms with Gasteiger partial charge in [0.25, 0.3) is 0 Å². The summed E-state index contributed by atoms with van der Waals surface area (Å²) >= 11 is 0. The maximum Gasteiger partial charge on any atom is 0.156 e. The van der Waals surface area contributed by atoms with E-state index in [1.807, 2.05) is 19.9 Å². The normalized spacial score (nSPS) is 13.4. The van der Waals surface area contributed by atoms with Crippen LogP contribution in [0.25, 0.3) is 0 Å². The number of carbonyl (C=O) groups is 1. The topological polar surface area (TPSA) is 43.1 Å². The second-order valence-electron chi connectivity index (χ2n) is 6.23. The number of ketones is 1.